The van der Waals surface area contributed by atoms with Gasteiger partial charge in [-0.15, -0.1) is 0 Å². The minimum absolute atomic E-state index is 0.0543. The fourth-order valence-electron chi connectivity index (χ4n) is 1.43. The van der Waals surface area contributed by atoms with Crippen LogP contribution in [0.4, 0.5) is 0 Å². The fourth-order valence-corrected chi connectivity index (χ4v) is 1.43. The summed E-state index contributed by atoms with van der Waals surface area (Å²) < 4.78 is 9.61. The van der Waals surface area contributed by atoms with Crippen molar-refractivity contribution >= 4 is 12.2 Å². The topological polar surface area (TPSA) is 105 Å². The standard InChI is InChI=1S/C10H19NO6/c1-6(13)11-7(4-12)9(15)10(17-3)8(14)5-16-2/h4,7-10,14-15H,5H2,1-3H3,(H,11,13)/t7?,8?,9-,10-/m1/s1. The third kappa shape index (κ3) is 5.22. The van der Waals surface area contributed by atoms with E-state index in [2.05, 4.69) is 5.32 Å². The SMILES string of the molecule is COCC(O)[C@@H](OC)[C@H](O)C(C=O)NC(C)=O. The number of methoxy groups -OCH3 is 2. The zero-order valence-electron chi connectivity index (χ0n) is 10.1. The molecule has 0 aliphatic carbocycles. The van der Waals surface area contributed by atoms with Gasteiger partial charge in [0.05, 0.1) is 6.61 Å². The van der Waals surface area contributed by atoms with Crippen LogP contribution in [0.2, 0.25) is 0 Å². The summed E-state index contributed by atoms with van der Waals surface area (Å²) in [5.74, 6) is -0.461. The molecule has 0 bridgehead atoms. The highest BCUT2D eigenvalue weighted by molar-refractivity contribution is 5.77. The molecule has 7 heteroatoms. The van der Waals surface area contributed by atoms with Gasteiger partial charge in [0, 0.05) is 21.1 Å². The molecule has 2 unspecified atom stereocenters. The van der Waals surface area contributed by atoms with Crippen molar-refractivity contribution in [1.82, 2.24) is 5.32 Å². The Morgan fingerprint density at radius 1 is 1.41 bits per heavy atom. The Labute approximate surface area is 99.7 Å². The van der Waals surface area contributed by atoms with Crippen LogP contribution in [0.25, 0.3) is 0 Å². The lowest BCUT2D eigenvalue weighted by atomic mass is 10.0. The largest absolute Gasteiger partial charge is 0.388 e. The van der Waals surface area contributed by atoms with Crippen LogP contribution in [0.1, 0.15) is 6.92 Å². The summed E-state index contributed by atoms with van der Waals surface area (Å²) in [6.07, 6.45) is -3.10. The quantitative estimate of drug-likeness (QED) is 0.433. The zero-order valence-corrected chi connectivity index (χ0v) is 10.1. The maximum atomic E-state index is 10.8. The summed E-state index contributed by atoms with van der Waals surface area (Å²) in [5, 5.41) is 21.7. The molecule has 3 N–H and O–H groups in total. The Bertz CT molecular complexity index is 247. The summed E-state index contributed by atoms with van der Waals surface area (Å²) in [6.45, 7) is 1.16. The number of carbonyl (C=O) groups excluding carboxylic acids is 2. The minimum atomic E-state index is -1.36. The molecule has 0 saturated heterocycles. The lowest BCUT2D eigenvalue weighted by Gasteiger charge is -2.29. The lowest BCUT2D eigenvalue weighted by molar-refractivity contribution is -0.133. The summed E-state index contributed by atoms with van der Waals surface area (Å²) in [7, 11) is 2.66. The number of hydrogen-bond donors (Lipinski definition) is 3. The van der Waals surface area contributed by atoms with Crippen molar-refractivity contribution in [2.75, 3.05) is 20.8 Å². The smallest absolute Gasteiger partial charge is 0.217 e. The molecular weight excluding hydrogens is 230 g/mol. The molecule has 0 heterocycles. The van der Waals surface area contributed by atoms with Crippen LogP contribution in [0, 0.1) is 0 Å². The van der Waals surface area contributed by atoms with Crippen molar-refractivity contribution in [1.29, 1.82) is 0 Å². The van der Waals surface area contributed by atoms with E-state index in [0.29, 0.717) is 6.29 Å². The minimum Gasteiger partial charge on any atom is -0.388 e. The number of rotatable bonds is 8. The molecule has 0 spiro atoms. The number of aliphatic hydroxyl groups is 2. The summed E-state index contributed by atoms with van der Waals surface area (Å²) in [5.41, 5.74) is 0. The van der Waals surface area contributed by atoms with Crippen molar-refractivity contribution in [2.24, 2.45) is 0 Å². The molecule has 0 aliphatic rings. The van der Waals surface area contributed by atoms with E-state index in [1.165, 1.54) is 21.1 Å². The molecule has 0 aromatic carbocycles. The normalized spacial score (nSPS) is 17.9. The van der Waals surface area contributed by atoms with Crippen LogP contribution in [-0.4, -0.2) is 67.6 Å². The van der Waals surface area contributed by atoms with Crippen LogP contribution >= 0.6 is 0 Å². The van der Waals surface area contributed by atoms with Gasteiger partial charge in [0.15, 0.2) is 0 Å². The zero-order chi connectivity index (χ0) is 13.4. The maximum absolute atomic E-state index is 10.8. The van der Waals surface area contributed by atoms with E-state index < -0.39 is 30.3 Å². The number of aliphatic hydroxyl groups excluding tert-OH is 2. The number of aldehydes is 1. The van der Waals surface area contributed by atoms with Gasteiger partial charge in [0.25, 0.3) is 0 Å². The van der Waals surface area contributed by atoms with Crippen molar-refractivity contribution < 1.29 is 29.3 Å². The second-order valence-corrected chi connectivity index (χ2v) is 3.58. The van der Waals surface area contributed by atoms with Crippen molar-refractivity contribution in [3.05, 3.63) is 0 Å². The summed E-state index contributed by atoms with van der Waals surface area (Å²) in [4.78, 5) is 21.6. The molecule has 0 aliphatic heterocycles. The van der Waals surface area contributed by atoms with Crippen LogP contribution in [-0.2, 0) is 19.1 Å². The predicted octanol–water partition coefficient (Wildman–Crippen LogP) is -1.93. The van der Waals surface area contributed by atoms with Crippen molar-refractivity contribution in [3.63, 3.8) is 0 Å². The predicted molar refractivity (Wildman–Crippen MR) is 58.4 cm³/mol. The molecule has 0 aromatic rings. The van der Waals surface area contributed by atoms with Crippen LogP contribution in [0.15, 0.2) is 0 Å². The van der Waals surface area contributed by atoms with E-state index >= 15 is 0 Å². The van der Waals surface area contributed by atoms with Crippen LogP contribution in [0.3, 0.4) is 0 Å². The van der Waals surface area contributed by atoms with Gasteiger partial charge in [0.2, 0.25) is 5.91 Å². The highest BCUT2D eigenvalue weighted by Crippen LogP contribution is 2.08. The molecule has 0 rings (SSSR count). The van der Waals surface area contributed by atoms with Gasteiger partial charge in [-0.3, -0.25) is 4.79 Å². The molecule has 0 fully saturated rings. The number of nitrogens with one attached hydrogen (secondary N) is 1. The second-order valence-electron chi connectivity index (χ2n) is 3.58. The molecule has 1 amide bonds. The second kappa shape index (κ2) is 8.13. The number of amides is 1. The Morgan fingerprint density at radius 2 is 2.00 bits per heavy atom. The van der Waals surface area contributed by atoms with E-state index in [1.807, 2.05) is 0 Å². The number of ether oxygens (including phenoxy) is 2. The Hall–Kier alpha value is -1.02. The number of carbonyl (C=O) groups is 2. The first-order chi connectivity index (χ1) is 7.97. The van der Waals surface area contributed by atoms with E-state index in [1.54, 1.807) is 0 Å². The summed E-state index contributed by atoms with van der Waals surface area (Å²) in [6, 6.07) is -1.14. The van der Waals surface area contributed by atoms with Gasteiger partial charge < -0.3 is 29.8 Å². The van der Waals surface area contributed by atoms with Gasteiger partial charge in [-0.1, -0.05) is 0 Å². The molecule has 0 saturated carbocycles. The Morgan fingerprint density at radius 3 is 2.35 bits per heavy atom. The Balaban J connectivity index is 4.62. The van der Waals surface area contributed by atoms with Gasteiger partial charge in [-0.05, 0) is 0 Å². The van der Waals surface area contributed by atoms with Crippen LogP contribution in [0.5, 0.6) is 0 Å². The third-order valence-electron chi connectivity index (χ3n) is 2.21. The Kier molecular flexibility index (Phi) is 7.64. The molecule has 100 valence electrons. The third-order valence-corrected chi connectivity index (χ3v) is 2.21. The highest BCUT2D eigenvalue weighted by Gasteiger charge is 2.33. The van der Waals surface area contributed by atoms with E-state index in [9.17, 15) is 19.8 Å². The molecular formula is C10H19NO6. The molecule has 7 nitrogen and oxygen atoms in total. The average Bonchev–Trinajstić information content (AvgIpc) is 2.26. The first-order valence-electron chi connectivity index (χ1n) is 5.08. The van der Waals surface area contributed by atoms with E-state index in [4.69, 9.17) is 9.47 Å². The molecule has 17 heavy (non-hydrogen) atoms. The molecule has 0 radical (unpaired) electrons. The van der Waals surface area contributed by atoms with Gasteiger partial charge in [-0.2, -0.15) is 0 Å². The van der Waals surface area contributed by atoms with Gasteiger partial charge in [0.1, 0.15) is 30.6 Å². The maximum Gasteiger partial charge on any atom is 0.217 e. The highest BCUT2D eigenvalue weighted by atomic mass is 16.5. The summed E-state index contributed by atoms with van der Waals surface area (Å²) >= 11 is 0. The van der Waals surface area contributed by atoms with Crippen molar-refractivity contribution in [2.45, 2.75) is 31.3 Å². The monoisotopic (exact) mass is 249 g/mol. The molecule has 0 aromatic heterocycles. The first-order valence-corrected chi connectivity index (χ1v) is 5.08. The van der Waals surface area contributed by atoms with Gasteiger partial charge >= 0.3 is 0 Å². The average molecular weight is 249 g/mol. The van der Waals surface area contributed by atoms with E-state index in [0.717, 1.165) is 0 Å². The molecule has 4 atom stereocenters. The lowest BCUT2D eigenvalue weighted by Crippen LogP contribution is -2.53. The van der Waals surface area contributed by atoms with Crippen LogP contribution < -0.4 is 5.32 Å². The van der Waals surface area contributed by atoms with Gasteiger partial charge in [-0.25, -0.2) is 0 Å². The van der Waals surface area contributed by atoms with E-state index in [-0.39, 0.29) is 6.61 Å². The van der Waals surface area contributed by atoms with Crippen molar-refractivity contribution in [3.8, 4) is 0 Å². The fraction of sp³-hybridized carbons (Fsp3) is 0.800. The first kappa shape index (κ1) is 16.0. The number of hydrogen-bond acceptors (Lipinski definition) is 6.